The number of halogens is 1. The summed E-state index contributed by atoms with van der Waals surface area (Å²) in [6, 6.07) is 11.1. The molecular weight excluding hydrogens is 259 g/mol. The van der Waals surface area contributed by atoms with Crippen LogP contribution in [-0.2, 0) is 6.54 Å². The number of aromatic carboxylic acids is 1. The first kappa shape index (κ1) is 12.3. The predicted octanol–water partition coefficient (Wildman–Crippen LogP) is 2.92. The van der Waals surface area contributed by atoms with Crippen LogP contribution in [0.3, 0.4) is 0 Å². The van der Waals surface area contributed by atoms with E-state index in [0.717, 1.165) is 10.9 Å². The summed E-state index contributed by atoms with van der Waals surface area (Å²) in [7, 11) is 0. The topological polar surface area (TPSA) is 55.1 Å². The Labute approximate surface area is 114 Å². The van der Waals surface area contributed by atoms with Gasteiger partial charge in [-0.25, -0.2) is 9.18 Å². The SMILES string of the molecule is O=C(O)c1ccc2nn(Cc3cccc(F)c3)cc2c1. The average Bonchev–Trinajstić information content (AvgIpc) is 2.79. The predicted molar refractivity (Wildman–Crippen MR) is 72.2 cm³/mol. The van der Waals surface area contributed by atoms with Crippen LogP contribution in [0.15, 0.2) is 48.7 Å². The van der Waals surface area contributed by atoms with E-state index in [0.29, 0.717) is 12.1 Å². The molecule has 0 radical (unpaired) electrons. The van der Waals surface area contributed by atoms with Crippen LogP contribution in [0.1, 0.15) is 15.9 Å². The smallest absolute Gasteiger partial charge is 0.335 e. The number of hydrogen-bond donors (Lipinski definition) is 1. The Balaban J connectivity index is 1.95. The number of benzene rings is 2. The fourth-order valence-corrected chi connectivity index (χ4v) is 2.11. The molecule has 0 spiro atoms. The van der Waals surface area contributed by atoms with E-state index in [4.69, 9.17) is 5.11 Å². The number of carbonyl (C=O) groups is 1. The molecule has 3 rings (SSSR count). The zero-order valence-electron chi connectivity index (χ0n) is 10.5. The molecule has 0 saturated carbocycles. The number of carboxylic acid groups (broad SMARTS) is 1. The van der Waals surface area contributed by atoms with E-state index in [1.807, 2.05) is 6.07 Å². The molecule has 4 nitrogen and oxygen atoms in total. The fraction of sp³-hybridized carbons (Fsp3) is 0.0667. The molecule has 2 aromatic carbocycles. The van der Waals surface area contributed by atoms with Gasteiger partial charge in [0.1, 0.15) is 5.82 Å². The van der Waals surface area contributed by atoms with E-state index >= 15 is 0 Å². The van der Waals surface area contributed by atoms with Crippen LogP contribution in [0.25, 0.3) is 10.9 Å². The molecule has 0 saturated heterocycles. The molecule has 0 atom stereocenters. The van der Waals surface area contributed by atoms with Crippen LogP contribution in [0.5, 0.6) is 0 Å². The molecule has 100 valence electrons. The van der Waals surface area contributed by atoms with Crippen LogP contribution < -0.4 is 0 Å². The number of fused-ring (bicyclic) bond motifs is 1. The Morgan fingerprint density at radius 1 is 1.25 bits per heavy atom. The maximum atomic E-state index is 13.1. The second kappa shape index (κ2) is 4.77. The van der Waals surface area contributed by atoms with Gasteiger partial charge in [-0.15, -0.1) is 0 Å². The minimum Gasteiger partial charge on any atom is -0.478 e. The van der Waals surface area contributed by atoms with Gasteiger partial charge in [-0.1, -0.05) is 12.1 Å². The van der Waals surface area contributed by atoms with E-state index in [-0.39, 0.29) is 11.4 Å². The van der Waals surface area contributed by atoms with Crippen LogP contribution in [0.4, 0.5) is 4.39 Å². The van der Waals surface area contributed by atoms with Crippen molar-refractivity contribution in [2.75, 3.05) is 0 Å². The summed E-state index contributed by atoms with van der Waals surface area (Å²) in [6.07, 6.45) is 1.76. The number of rotatable bonds is 3. The third-order valence-corrected chi connectivity index (χ3v) is 3.03. The van der Waals surface area contributed by atoms with Crippen molar-refractivity contribution < 1.29 is 14.3 Å². The second-order valence-electron chi connectivity index (χ2n) is 4.54. The lowest BCUT2D eigenvalue weighted by atomic mass is 10.2. The zero-order chi connectivity index (χ0) is 14.1. The first-order chi connectivity index (χ1) is 9.61. The Kier molecular flexibility index (Phi) is 2.95. The Hall–Kier alpha value is -2.69. The Morgan fingerprint density at radius 2 is 2.10 bits per heavy atom. The Morgan fingerprint density at radius 3 is 2.85 bits per heavy atom. The molecule has 0 bridgehead atoms. The molecule has 0 unspecified atom stereocenters. The van der Waals surface area contributed by atoms with Gasteiger partial charge in [-0.2, -0.15) is 5.10 Å². The van der Waals surface area contributed by atoms with Gasteiger partial charge in [0.15, 0.2) is 0 Å². The molecule has 0 fully saturated rings. The van der Waals surface area contributed by atoms with Crippen molar-refractivity contribution in [3.8, 4) is 0 Å². The molecule has 20 heavy (non-hydrogen) atoms. The van der Waals surface area contributed by atoms with Gasteiger partial charge >= 0.3 is 5.97 Å². The standard InChI is InChI=1S/C15H11FN2O2/c16-13-3-1-2-10(6-13)8-18-9-12-7-11(15(19)20)4-5-14(12)17-18/h1-7,9H,8H2,(H,19,20). The summed E-state index contributed by atoms with van der Waals surface area (Å²) in [6.45, 7) is 0.439. The number of nitrogens with zero attached hydrogens (tertiary/aromatic N) is 2. The van der Waals surface area contributed by atoms with Crippen molar-refractivity contribution in [3.63, 3.8) is 0 Å². The van der Waals surface area contributed by atoms with Crippen molar-refractivity contribution in [2.24, 2.45) is 0 Å². The second-order valence-corrected chi connectivity index (χ2v) is 4.54. The third kappa shape index (κ3) is 2.38. The molecule has 0 aliphatic heterocycles. The monoisotopic (exact) mass is 270 g/mol. The van der Waals surface area contributed by atoms with Crippen molar-refractivity contribution in [2.45, 2.75) is 6.54 Å². The van der Waals surface area contributed by atoms with E-state index in [1.54, 1.807) is 29.1 Å². The summed E-state index contributed by atoms with van der Waals surface area (Å²) in [5, 5.41) is 14.0. The van der Waals surface area contributed by atoms with E-state index in [1.165, 1.54) is 18.2 Å². The maximum absolute atomic E-state index is 13.1. The molecule has 5 heteroatoms. The fourth-order valence-electron chi connectivity index (χ4n) is 2.11. The summed E-state index contributed by atoms with van der Waals surface area (Å²) in [5.41, 5.74) is 1.74. The largest absolute Gasteiger partial charge is 0.478 e. The lowest BCUT2D eigenvalue weighted by Gasteiger charge is -2.01. The lowest BCUT2D eigenvalue weighted by molar-refractivity contribution is 0.0697. The number of aromatic nitrogens is 2. The van der Waals surface area contributed by atoms with Gasteiger partial charge in [-0.3, -0.25) is 4.68 Å². The van der Waals surface area contributed by atoms with Gasteiger partial charge < -0.3 is 5.11 Å². The summed E-state index contributed by atoms with van der Waals surface area (Å²) in [4.78, 5) is 10.9. The van der Waals surface area contributed by atoms with E-state index in [9.17, 15) is 9.18 Å². The number of hydrogen-bond acceptors (Lipinski definition) is 2. The quantitative estimate of drug-likeness (QED) is 0.796. The molecule has 3 aromatic rings. The number of carboxylic acids is 1. The van der Waals surface area contributed by atoms with Crippen LogP contribution in [-0.4, -0.2) is 20.9 Å². The normalized spacial score (nSPS) is 10.8. The van der Waals surface area contributed by atoms with Gasteiger partial charge in [0.05, 0.1) is 17.6 Å². The van der Waals surface area contributed by atoms with Crippen LogP contribution in [0.2, 0.25) is 0 Å². The first-order valence-corrected chi connectivity index (χ1v) is 6.07. The maximum Gasteiger partial charge on any atom is 0.335 e. The average molecular weight is 270 g/mol. The molecule has 1 heterocycles. The summed E-state index contributed by atoms with van der Waals surface area (Å²) in [5.74, 6) is -1.25. The summed E-state index contributed by atoms with van der Waals surface area (Å²) < 4.78 is 14.8. The minimum absolute atomic E-state index is 0.225. The molecule has 1 aromatic heterocycles. The molecule has 0 aliphatic rings. The van der Waals surface area contributed by atoms with Gasteiger partial charge in [-0.05, 0) is 35.9 Å². The van der Waals surface area contributed by atoms with Gasteiger partial charge in [0.25, 0.3) is 0 Å². The van der Waals surface area contributed by atoms with Crippen molar-refractivity contribution in [1.29, 1.82) is 0 Å². The molecule has 0 amide bonds. The third-order valence-electron chi connectivity index (χ3n) is 3.03. The zero-order valence-corrected chi connectivity index (χ0v) is 10.5. The van der Waals surface area contributed by atoms with Gasteiger partial charge in [0, 0.05) is 11.6 Å². The van der Waals surface area contributed by atoms with Crippen molar-refractivity contribution in [1.82, 2.24) is 9.78 Å². The van der Waals surface area contributed by atoms with Gasteiger partial charge in [0.2, 0.25) is 0 Å². The summed E-state index contributed by atoms with van der Waals surface area (Å²) >= 11 is 0. The van der Waals surface area contributed by atoms with Crippen molar-refractivity contribution >= 4 is 16.9 Å². The van der Waals surface area contributed by atoms with E-state index < -0.39 is 5.97 Å². The molecule has 0 aliphatic carbocycles. The lowest BCUT2D eigenvalue weighted by Crippen LogP contribution is -1.99. The molecular formula is C15H11FN2O2. The minimum atomic E-state index is -0.968. The highest BCUT2D eigenvalue weighted by Crippen LogP contribution is 2.16. The van der Waals surface area contributed by atoms with Crippen LogP contribution in [0, 0.1) is 5.82 Å². The highest BCUT2D eigenvalue weighted by molar-refractivity contribution is 5.93. The van der Waals surface area contributed by atoms with E-state index in [2.05, 4.69) is 5.10 Å². The van der Waals surface area contributed by atoms with Crippen LogP contribution >= 0.6 is 0 Å². The first-order valence-electron chi connectivity index (χ1n) is 6.07. The highest BCUT2D eigenvalue weighted by Gasteiger charge is 2.07. The molecule has 1 N–H and O–H groups in total. The Bertz CT molecular complexity index is 795. The van der Waals surface area contributed by atoms with Crippen molar-refractivity contribution in [3.05, 3.63) is 65.6 Å². The highest BCUT2D eigenvalue weighted by atomic mass is 19.1.